The number of halogens is 1. The number of hydrogen-bond donors (Lipinski definition) is 3. The predicted molar refractivity (Wildman–Crippen MR) is 74.6 cm³/mol. The molecule has 0 aromatic heterocycles. The molecule has 0 spiro atoms. The van der Waals surface area contributed by atoms with Crippen molar-refractivity contribution in [3.8, 4) is 0 Å². The number of carboxylic acids is 1. The summed E-state index contributed by atoms with van der Waals surface area (Å²) in [6.45, 7) is 0.570. The van der Waals surface area contributed by atoms with Gasteiger partial charge in [-0.3, -0.25) is 0 Å². The summed E-state index contributed by atoms with van der Waals surface area (Å²) in [5.74, 6) is -1.42. The zero-order valence-corrected chi connectivity index (χ0v) is 11.8. The van der Waals surface area contributed by atoms with Gasteiger partial charge in [0.05, 0.1) is 0 Å². The Morgan fingerprint density at radius 1 is 1.33 bits per heavy atom. The van der Waals surface area contributed by atoms with Gasteiger partial charge in [0.2, 0.25) is 0 Å². The molecule has 116 valence electrons. The molecule has 2 amide bonds. The lowest BCUT2D eigenvalue weighted by molar-refractivity contribution is -0.139. The van der Waals surface area contributed by atoms with E-state index < -0.39 is 18.0 Å². The van der Waals surface area contributed by atoms with Gasteiger partial charge in [-0.05, 0) is 24.1 Å². The number of rotatable bonds is 8. The van der Waals surface area contributed by atoms with E-state index in [1.54, 1.807) is 12.1 Å². The average molecular weight is 298 g/mol. The minimum Gasteiger partial charge on any atom is -0.480 e. The molecule has 0 fully saturated rings. The molecule has 0 bridgehead atoms. The molecule has 1 aromatic carbocycles. The van der Waals surface area contributed by atoms with E-state index in [0.29, 0.717) is 13.0 Å². The van der Waals surface area contributed by atoms with E-state index in [9.17, 15) is 14.0 Å². The number of carbonyl (C=O) groups is 2. The summed E-state index contributed by atoms with van der Waals surface area (Å²) in [6, 6.07) is 4.42. The number of hydrogen-bond acceptors (Lipinski definition) is 3. The number of benzene rings is 1. The van der Waals surface area contributed by atoms with Crippen molar-refractivity contribution in [3.63, 3.8) is 0 Å². The Balaban J connectivity index is 2.32. The van der Waals surface area contributed by atoms with Gasteiger partial charge in [0.15, 0.2) is 0 Å². The van der Waals surface area contributed by atoms with Crippen LogP contribution in [0, 0.1) is 5.82 Å². The van der Waals surface area contributed by atoms with Crippen molar-refractivity contribution in [2.75, 3.05) is 20.3 Å². The van der Waals surface area contributed by atoms with E-state index in [4.69, 9.17) is 9.84 Å². The first-order chi connectivity index (χ1) is 10.0. The molecular formula is C14H19FN2O4. The maximum absolute atomic E-state index is 12.7. The van der Waals surface area contributed by atoms with Crippen LogP contribution in [-0.4, -0.2) is 43.4 Å². The fourth-order valence-electron chi connectivity index (χ4n) is 1.67. The lowest BCUT2D eigenvalue weighted by atomic mass is 10.1. The zero-order chi connectivity index (χ0) is 15.7. The highest BCUT2D eigenvalue weighted by atomic mass is 19.1. The lowest BCUT2D eigenvalue weighted by Crippen LogP contribution is -2.46. The molecule has 0 heterocycles. The van der Waals surface area contributed by atoms with Crippen LogP contribution in [0.4, 0.5) is 9.18 Å². The summed E-state index contributed by atoms with van der Waals surface area (Å²) in [5, 5.41) is 13.9. The van der Waals surface area contributed by atoms with Crippen molar-refractivity contribution < 1.29 is 23.8 Å². The van der Waals surface area contributed by atoms with Crippen LogP contribution in [0.25, 0.3) is 0 Å². The molecule has 0 saturated heterocycles. The minimum absolute atomic E-state index is 0.192. The maximum atomic E-state index is 12.7. The van der Waals surface area contributed by atoms with E-state index in [0.717, 1.165) is 5.56 Å². The van der Waals surface area contributed by atoms with Crippen LogP contribution < -0.4 is 10.6 Å². The fraction of sp³-hybridized carbons (Fsp3) is 0.429. The molecule has 0 aliphatic carbocycles. The Kier molecular flexibility index (Phi) is 7.17. The topological polar surface area (TPSA) is 87.7 Å². The molecule has 1 unspecified atom stereocenters. The molecule has 0 radical (unpaired) electrons. The molecule has 0 aliphatic heterocycles. The van der Waals surface area contributed by atoms with Gasteiger partial charge in [-0.2, -0.15) is 0 Å². The Morgan fingerprint density at radius 3 is 2.57 bits per heavy atom. The van der Waals surface area contributed by atoms with E-state index in [2.05, 4.69) is 10.6 Å². The normalized spacial score (nSPS) is 11.7. The third-order valence-electron chi connectivity index (χ3n) is 2.83. The SMILES string of the molecule is COCCC(NC(=O)NCCc1ccc(F)cc1)C(=O)O. The Bertz CT molecular complexity index is 465. The van der Waals surface area contributed by atoms with Crippen LogP contribution in [0.2, 0.25) is 0 Å². The summed E-state index contributed by atoms with van der Waals surface area (Å²) >= 11 is 0. The number of urea groups is 1. The van der Waals surface area contributed by atoms with Gasteiger partial charge in [0, 0.05) is 26.7 Å². The first-order valence-corrected chi connectivity index (χ1v) is 6.53. The van der Waals surface area contributed by atoms with E-state index in [1.807, 2.05) is 0 Å². The summed E-state index contributed by atoms with van der Waals surface area (Å²) in [7, 11) is 1.46. The molecule has 1 atom stereocenters. The molecule has 1 rings (SSSR count). The highest BCUT2D eigenvalue weighted by Crippen LogP contribution is 2.02. The average Bonchev–Trinajstić information content (AvgIpc) is 2.45. The lowest BCUT2D eigenvalue weighted by Gasteiger charge is -2.14. The summed E-state index contributed by atoms with van der Waals surface area (Å²) in [6.07, 6.45) is 0.723. The van der Waals surface area contributed by atoms with Crippen LogP contribution in [0.3, 0.4) is 0 Å². The van der Waals surface area contributed by atoms with E-state index in [-0.39, 0.29) is 18.8 Å². The number of carboxylic acid groups (broad SMARTS) is 1. The number of amides is 2. The molecule has 0 aliphatic rings. The maximum Gasteiger partial charge on any atom is 0.326 e. The van der Waals surface area contributed by atoms with Gasteiger partial charge in [0.25, 0.3) is 0 Å². The summed E-state index contributed by atoms with van der Waals surface area (Å²) < 4.78 is 17.5. The molecule has 0 saturated carbocycles. The first-order valence-electron chi connectivity index (χ1n) is 6.53. The minimum atomic E-state index is -1.11. The summed E-state index contributed by atoms with van der Waals surface area (Å²) in [5.41, 5.74) is 0.880. The molecular weight excluding hydrogens is 279 g/mol. The number of nitrogens with one attached hydrogen (secondary N) is 2. The van der Waals surface area contributed by atoms with Crippen molar-refractivity contribution in [1.29, 1.82) is 0 Å². The van der Waals surface area contributed by atoms with Gasteiger partial charge >= 0.3 is 12.0 Å². The third-order valence-corrected chi connectivity index (χ3v) is 2.83. The number of methoxy groups -OCH3 is 1. The number of carbonyl (C=O) groups excluding carboxylic acids is 1. The molecule has 7 heteroatoms. The predicted octanol–water partition coefficient (Wildman–Crippen LogP) is 1.16. The third kappa shape index (κ3) is 6.71. The van der Waals surface area contributed by atoms with Gasteiger partial charge < -0.3 is 20.5 Å². The van der Waals surface area contributed by atoms with Crippen molar-refractivity contribution in [3.05, 3.63) is 35.6 Å². The standard InChI is InChI=1S/C14H19FN2O4/c1-21-9-7-12(13(18)19)17-14(20)16-8-6-10-2-4-11(15)5-3-10/h2-5,12H,6-9H2,1H3,(H,18,19)(H2,16,17,20). The van der Waals surface area contributed by atoms with Crippen molar-refractivity contribution >= 4 is 12.0 Å². The zero-order valence-electron chi connectivity index (χ0n) is 11.8. The molecule has 1 aromatic rings. The largest absolute Gasteiger partial charge is 0.480 e. The van der Waals surface area contributed by atoms with Gasteiger partial charge in [-0.1, -0.05) is 12.1 Å². The highest BCUT2D eigenvalue weighted by molar-refractivity contribution is 5.82. The van der Waals surface area contributed by atoms with Crippen molar-refractivity contribution in [1.82, 2.24) is 10.6 Å². The second-order valence-electron chi connectivity index (χ2n) is 4.45. The summed E-state index contributed by atoms with van der Waals surface area (Å²) in [4.78, 5) is 22.5. The van der Waals surface area contributed by atoms with Gasteiger partial charge in [-0.25, -0.2) is 14.0 Å². The molecule has 21 heavy (non-hydrogen) atoms. The second-order valence-corrected chi connectivity index (χ2v) is 4.45. The molecule has 6 nitrogen and oxygen atoms in total. The van der Waals surface area contributed by atoms with Crippen LogP contribution >= 0.6 is 0 Å². The van der Waals surface area contributed by atoms with E-state index >= 15 is 0 Å². The van der Waals surface area contributed by atoms with Crippen molar-refractivity contribution in [2.24, 2.45) is 0 Å². The van der Waals surface area contributed by atoms with Gasteiger partial charge in [0.1, 0.15) is 11.9 Å². The monoisotopic (exact) mass is 298 g/mol. The molecule has 3 N–H and O–H groups in total. The Labute approximate surface area is 122 Å². The Morgan fingerprint density at radius 2 is 2.00 bits per heavy atom. The van der Waals surface area contributed by atoms with E-state index in [1.165, 1.54) is 19.2 Å². The van der Waals surface area contributed by atoms with Crippen molar-refractivity contribution in [2.45, 2.75) is 18.9 Å². The van der Waals surface area contributed by atoms with Crippen LogP contribution in [-0.2, 0) is 16.0 Å². The smallest absolute Gasteiger partial charge is 0.326 e. The Hall–Kier alpha value is -2.15. The quantitative estimate of drug-likeness (QED) is 0.672. The highest BCUT2D eigenvalue weighted by Gasteiger charge is 2.19. The van der Waals surface area contributed by atoms with Crippen LogP contribution in [0.15, 0.2) is 24.3 Å². The fourth-order valence-corrected chi connectivity index (χ4v) is 1.67. The number of ether oxygens (including phenoxy) is 1. The van der Waals surface area contributed by atoms with Crippen LogP contribution in [0.1, 0.15) is 12.0 Å². The first kappa shape index (κ1) is 16.9. The van der Waals surface area contributed by atoms with Crippen LogP contribution in [0.5, 0.6) is 0 Å². The second kappa shape index (κ2) is 8.91. The van der Waals surface area contributed by atoms with Gasteiger partial charge in [-0.15, -0.1) is 0 Å². The number of aliphatic carboxylic acids is 1.